The zero-order valence-electron chi connectivity index (χ0n) is 15.4. The van der Waals surface area contributed by atoms with E-state index in [0.29, 0.717) is 26.3 Å². The molecule has 0 aliphatic rings. The summed E-state index contributed by atoms with van der Waals surface area (Å²) in [6.07, 6.45) is 2.15. The Hall–Kier alpha value is -1.45. The minimum Gasteiger partial charge on any atom is -0.305 e. The summed E-state index contributed by atoms with van der Waals surface area (Å²) in [5.74, 6) is -0.152. The van der Waals surface area contributed by atoms with Crippen LogP contribution in [0.1, 0.15) is 34.2 Å². The normalized spacial score (nSPS) is 10.9. The molecule has 0 radical (unpaired) electrons. The van der Waals surface area contributed by atoms with E-state index < -0.39 is 11.1 Å². The lowest BCUT2D eigenvalue weighted by molar-refractivity contribution is 0.0979. The highest BCUT2D eigenvalue weighted by Gasteiger charge is 2.28. The molecule has 156 valence electrons. The molecule has 0 N–H and O–H groups in total. The first-order valence-corrected chi connectivity index (χ1v) is 11.3. The van der Waals surface area contributed by atoms with Crippen molar-refractivity contribution in [2.24, 2.45) is 0 Å². The van der Waals surface area contributed by atoms with Crippen LogP contribution in [0, 0.1) is 0 Å². The molecule has 11 heteroatoms. The van der Waals surface area contributed by atoms with Crippen molar-refractivity contribution in [3.8, 4) is 5.82 Å². The number of amides is 1. The van der Waals surface area contributed by atoms with Crippen molar-refractivity contribution in [2.75, 3.05) is 11.4 Å². The van der Waals surface area contributed by atoms with Crippen molar-refractivity contribution in [3.05, 3.63) is 66.9 Å². The minimum atomic E-state index is -0.732. The molecule has 30 heavy (non-hydrogen) atoms. The van der Waals surface area contributed by atoms with Crippen molar-refractivity contribution in [3.63, 3.8) is 0 Å². The Kier molecular flexibility index (Phi) is 7.57. The molecule has 1 amide bonds. The fourth-order valence-corrected chi connectivity index (χ4v) is 4.50. The molecule has 0 bridgehead atoms. The van der Waals surface area contributed by atoms with Crippen LogP contribution in [-0.4, -0.2) is 32.5 Å². The topological polar surface area (TPSA) is 68.1 Å². The van der Waals surface area contributed by atoms with Gasteiger partial charge < -0.3 is 4.90 Å². The summed E-state index contributed by atoms with van der Waals surface area (Å²) in [7, 11) is 0. The van der Waals surface area contributed by atoms with E-state index in [2.05, 4.69) is 41.9 Å². The van der Waals surface area contributed by atoms with Gasteiger partial charge in [0.1, 0.15) is 10.3 Å². The average Bonchev–Trinajstić information content (AvgIpc) is 3.07. The largest absolute Gasteiger partial charge is 0.305 e. The van der Waals surface area contributed by atoms with Crippen molar-refractivity contribution in [2.45, 2.75) is 13.3 Å². The van der Waals surface area contributed by atoms with Crippen molar-refractivity contribution >= 4 is 83.5 Å². The molecule has 2 aromatic heterocycles. The predicted molar refractivity (Wildman–Crippen MR) is 125 cm³/mol. The number of halogens is 5. The van der Waals surface area contributed by atoms with Gasteiger partial charge in [0.25, 0.3) is 11.1 Å². The molecule has 0 saturated carbocycles. The third-order valence-corrected chi connectivity index (χ3v) is 5.67. The Bertz CT molecular complexity index is 1140. The number of hydrogen-bond donors (Lipinski definition) is 0. The maximum Gasteiger partial charge on any atom is 0.277 e. The number of hydrogen-bond acceptors (Lipinski definition) is 4. The molecule has 3 aromatic rings. The number of carbonyl (C=O) groups excluding carboxylic acids is 2. The van der Waals surface area contributed by atoms with Crippen molar-refractivity contribution in [1.82, 2.24) is 14.8 Å². The van der Waals surface area contributed by atoms with E-state index in [9.17, 15) is 9.59 Å². The van der Waals surface area contributed by atoms with Crippen LogP contribution in [0.25, 0.3) is 5.82 Å². The molecule has 0 fully saturated rings. The Morgan fingerprint density at radius 2 is 1.90 bits per heavy atom. The average molecular weight is 596 g/mol. The second-order valence-electron chi connectivity index (χ2n) is 6.09. The van der Waals surface area contributed by atoms with Gasteiger partial charge in [-0.2, -0.15) is 5.10 Å². The molecule has 1 aromatic carbocycles. The van der Waals surface area contributed by atoms with E-state index >= 15 is 0 Å². The smallest absolute Gasteiger partial charge is 0.277 e. The maximum atomic E-state index is 13.6. The lowest BCUT2D eigenvalue weighted by Crippen LogP contribution is -2.34. The van der Waals surface area contributed by atoms with Crippen LogP contribution in [0.5, 0.6) is 0 Å². The molecule has 0 unspecified atom stereocenters. The van der Waals surface area contributed by atoms with Crippen LogP contribution in [0.2, 0.25) is 10.0 Å². The van der Waals surface area contributed by atoms with Crippen molar-refractivity contribution in [1.29, 1.82) is 0 Å². The second kappa shape index (κ2) is 9.78. The lowest BCUT2D eigenvalue weighted by atomic mass is 10.1. The molecule has 6 nitrogen and oxygen atoms in total. The van der Waals surface area contributed by atoms with Gasteiger partial charge in [-0.05, 0) is 58.2 Å². The molecular weight excluding hydrogens is 582 g/mol. The van der Waals surface area contributed by atoms with E-state index in [-0.39, 0.29) is 28.5 Å². The zero-order chi connectivity index (χ0) is 22.0. The van der Waals surface area contributed by atoms with E-state index in [1.165, 1.54) is 15.6 Å². The monoisotopic (exact) mass is 592 g/mol. The number of nitrogens with zero attached hydrogens (tertiary/aromatic N) is 4. The van der Waals surface area contributed by atoms with Crippen LogP contribution in [0.3, 0.4) is 0 Å². The Morgan fingerprint density at radius 1 is 1.17 bits per heavy atom. The van der Waals surface area contributed by atoms with Gasteiger partial charge in [-0.15, -0.1) is 0 Å². The molecule has 0 atom stereocenters. The molecule has 0 aliphatic heterocycles. The van der Waals surface area contributed by atoms with Gasteiger partial charge in [0, 0.05) is 23.3 Å². The first-order chi connectivity index (χ1) is 14.2. The van der Waals surface area contributed by atoms with Crippen molar-refractivity contribution < 1.29 is 9.59 Å². The molecule has 0 spiro atoms. The van der Waals surface area contributed by atoms with E-state index in [0.717, 1.165) is 0 Å². The van der Waals surface area contributed by atoms with Crippen LogP contribution in [0.15, 0.2) is 45.6 Å². The fourth-order valence-electron chi connectivity index (χ4n) is 2.87. The highest BCUT2D eigenvalue weighted by atomic mass is 79.9. The van der Waals surface area contributed by atoms with Gasteiger partial charge >= 0.3 is 0 Å². The van der Waals surface area contributed by atoms with Crippen LogP contribution < -0.4 is 4.90 Å². The molecule has 0 aliphatic carbocycles. The molecule has 0 saturated heterocycles. The van der Waals surface area contributed by atoms with E-state index in [1.54, 1.807) is 30.5 Å². The Balaban J connectivity index is 2.19. The first-order valence-electron chi connectivity index (χ1n) is 8.61. The number of benzene rings is 1. The fraction of sp³-hybridized carbons (Fsp3) is 0.158. The van der Waals surface area contributed by atoms with Crippen LogP contribution in [0.4, 0.5) is 5.69 Å². The maximum absolute atomic E-state index is 13.6. The molecular formula is C19H13Br2Cl3N4O2. The number of carbonyl (C=O) groups is 2. The predicted octanol–water partition coefficient (Wildman–Crippen LogP) is 6.53. The molecule has 3 rings (SSSR count). The summed E-state index contributed by atoms with van der Waals surface area (Å²) in [6, 6.07) is 7.99. The summed E-state index contributed by atoms with van der Waals surface area (Å²) < 4.78 is 2.32. The zero-order valence-corrected chi connectivity index (χ0v) is 20.8. The first kappa shape index (κ1) is 23.2. The standard InChI is InChI=1S/C19H13Br2Cl3N4O2/c1-2-6-27(16-11(17(24)29)7-10(20)8-13(16)23)19(30)14-9-15(21)26-28(14)18-12(22)4-3-5-25-18/h3-5,7-9H,2,6H2,1H3. The summed E-state index contributed by atoms with van der Waals surface area (Å²) in [4.78, 5) is 31.3. The summed E-state index contributed by atoms with van der Waals surface area (Å²) in [5.41, 5.74) is 0.518. The van der Waals surface area contributed by atoms with Gasteiger partial charge in [-0.25, -0.2) is 9.67 Å². The Labute approximate surface area is 204 Å². The third kappa shape index (κ3) is 4.73. The number of aromatic nitrogens is 3. The highest BCUT2D eigenvalue weighted by Crippen LogP contribution is 2.36. The summed E-state index contributed by atoms with van der Waals surface area (Å²) in [6.45, 7) is 2.19. The third-order valence-electron chi connectivity index (χ3n) is 4.04. The van der Waals surface area contributed by atoms with Gasteiger partial charge in [0.05, 0.1) is 21.3 Å². The summed E-state index contributed by atoms with van der Waals surface area (Å²) >= 11 is 25.1. The van der Waals surface area contributed by atoms with Gasteiger partial charge in [0.15, 0.2) is 5.82 Å². The summed E-state index contributed by atoms with van der Waals surface area (Å²) in [5, 5.41) is 4.09. The molecule has 2 heterocycles. The Morgan fingerprint density at radius 3 is 2.53 bits per heavy atom. The van der Waals surface area contributed by atoms with Crippen LogP contribution in [-0.2, 0) is 0 Å². The lowest BCUT2D eigenvalue weighted by Gasteiger charge is -2.25. The van der Waals surface area contributed by atoms with Gasteiger partial charge in [0.2, 0.25) is 0 Å². The van der Waals surface area contributed by atoms with Gasteiger partial charge in [-0.3, -0.25) is 9.59 Å². The second-order valence-corrected chi connectivity index (χ2v) is 8.97. The SMILES string of the molecule is CCCN(C(=O)c1cc(Br)nn1-c1ncccc1Cl)c1c(Cl)cc(Br)cc1C(=O)Cl. The minimum absolute atomic E-state index is 0.110. The van der Waals surface area contributed by atoms with E-state index in [4.69, 9.17) is 34.8 Å². The number of anilines is 1. The van der Waals surface area contributed by atoms with E-state index in [1.807, 2.05) is 6.92 Å². The quantitative estimate of drug-likeness (QED) is 0.304. The number of pyridine rings is 1. The van der Waals surface area contributed by atoms with Crippen LogP contribution >= 0.6 is 66.7 Å². The van der Waals surface area contributed by atoms with Gasteiger partial charge in [-0.1, -0.05) is 46.1 Å². The highest BCUT2D eigenvalue weighted by molar-refractivity contribution is 9.10. The number of rotatable bonds is 6.